The smallest absolute Gasteiger partial charge is 0.416 e. The Hall–Kier alpha value is -1.66. The van der Waals surface area contributed by atoms with E-state index >= 15 is 0 Å². The molecule has 0 aliphatic heterocycles. The number of halogens is 6. The maximum absolute atomic E-state index is 12.5. The molecule has 0 saturated heterocycles. The summed E-state index contributed by atoms with van der Waals surface area (Å²) < 4.78 is 79.8. The predicted molar refractivity (Wildman–Crippen MR) is 56.8 cm³/mol. The van der Waals surface area contributed by atoms with Crippen molar-refractivity contribution in [1.82, 2.24) is 0 Å². The van der Waals surface area contributed by atoms with Crippen molar-refractivity contribution in [3.8, 4) is 5.75 Å². The Morgan fingerprint density at radius 3 is 1.79 bits per heavy atom. The van der Waals surface area contributed by atoms with Crippen LogP contribution in [0.4, 0.5) is 26.3 Å². The van der Waals surface area contributed by atoms with E-state index in [0.29, 0.717) is 18.6 Å². The zero-order valence-electron chi connectivity index (χ0n) is 9.61. The van der Waals surface area contributed by atoms with Gasteiger partial charge in [-0.1, -0.05) is 6.08 Å². The van der Waals surface area contributed by atoms with E-state index in [9.17, 15) is 26.3 Å². The minimum absolute atomic E-state index is 0.0396. The molecule has 0 spiro atoms. The van der Waals surface area contributed by atoms with E-state index in [0.717, 1.165) is 0 Å². The molecule has 106 valence electrons. The maximum atomic E-state index is 12.5. The van der Waals surface area contributed by atoms with Gasteiger partial charge in [0.15, 0.2) is 0 Å². The molecule has 0 aliphatic carbocycles. The van der Waals surface area contributed by atoms with Crippen molar-refractivity contribution in [2.45, 2.75) is 18.8 Å². The molecule has 0 aliphatic rings. The van der Waals surface area contributed by atoms with Crippen molar-refractivity contribution >= 4 is 0 Å². The van der Waals surface area contributed by atoms with Crippen molar-refractivity contribution in [1.29, 1.82) is 0 Å². The van der Waals surface area contributed by atoms with Crippen molar-refractivity contribution in [3.63, 3.8) is 0 Å². The lowest BCUT2D eigenvalue weighted by Crippen LogP contribution is -2.11. The molecule has 0 heterocycles. The first kappa shape index (κ1) is 15.4. The second-order valence-corrected chi connectivity index (χ2v) is 3.67. The van der Waals surface area contributed by atoms with Crippen molar-refractivity contribution in [2.24, 2.45) is 0 Å². The Balaban J connectivity index is 3.13. The molecule has 0 amide bonds. The highest BCUT2D eigenvalue weighted by Crippen LogP contribution is 2.38. The summed E-state index contributed by atoms with van der Waals surface area (Å²) >= 11 is 0. The van der Waals surface area contributed by atoms with Gasteiger partial charge < -0.3 is 4.74 Å². The molecule has 0 saturated carbocycles. The maximum Gasteiger partial charge on any atom is 0.416 e. The first-order chi connectivity index (χ1) is 8.64. The van der Waals surface area contributed by atoms with E-state index in [1.807, 2.05) is 0 Å². The van der Waals surface area contributed by atoms with Gasteiger partial charge in [-0.3, -0.25) is 0 Å². The largest absolute Gasteiger partial charge is 0.493 e. The number of rotatable bonds is 4. The van der Waals surface area contributed by atoms with Crippen LogP contribution < -0.4 is 4.74 Å². The summed E-state index contributed by atoms with van der Waals surface area (Å²) in [4.78, 5) is 0. The lowest BCUT2D eigenvalue weighted by atomic mass is 10.1. The van der Waals surface area contributed by atoms with Crippen molar-refractivity contribution in [2.75, 3.05) is 6.61 Å². The molecule has 7 heteroatoms. The fraction of sp³-hybridized carbons (Fsp3) is 0.333. The summed E-state index contributed by atoms with van der Waals surface area (Å²) in [6.07, 6.45) is -7.97. The molecule has 1 nitrogen and oxygen atoms in total. The van der Waals surface area contributed by atoms with Crippen LogP contribution in [-0.2, 0) is 12.4 Å². The van der Waals surface area contributed by atoms with E-state index in [1.165, 1.54) is 6.08 Å². The molecule has 1 aromatic carbocycles. The number of hydrogen-bond donors (Lipinski definition) is 0. The van der Waals surface area contributed by atoms with E-state index in [2.05, 4.69) is 6.58 Å². The molecule has 0 radical (unpaired) electrons. The van der Waals surface area contributed by atoms with Crippen molar-refractivity contribution < 1.29 is 31.1 Å². The standard InChI is InChI=1S/C12H10F6O/c1-2-3-4-19-10-6-8(11(13,14)15)5-9(7-10)12(16,17)18/h2,5-7H,1,3-4H2. The molecule has 0 N–H and O–H groups in total. The Kier molecular flexibility index (Phi) is 4.49. The summed E-state index contributed by atoms with van der Waals surface area (Å²) in [5.41, 5.74) is -2.79. The average molecular weight is 284 g/mol. The van der Waals surface area contributed by atoms with Crippen LogP contribution in [0.3, 0.4) is 0 Å². The number of alkyl halides is 6. The summed E-state index contributed by atoms with van der Waals surface area (Å²) in [5.74, 6) is -0.469. The molecule has 1 rings (SSSR count). The predicted octanol–water partition coefficient (Wildman–Crippen LogP) is 4.68. The van der Waals surface area contributed by atoms with Crippen LogP contribution in [0.1, 0.15) is 17.5 Å². The fourth-order valence-corrected chi connectivity index (χ4v) is 1.27. The summed E-state index contributed by atoms with van der Waals surface area (Å²) in [7, 11) is 0. The fourth-order valence-electron chi connectivity index (χ4n) is 1.27. The second-order valence-electron chi connectivity index (χ2n) is 3.67. The van der Waals surface area contributed by atoms with Crippen LogP contribution in [0.25, 0.3) is 0 Å². The Bertz CT molecular complexity index is 414. The molecule has 1 aromatic rings. The monoisotopic (exact) mass is 284 g/mol. The van der Waals surface area contributed by atoms with E-state index in [-0.39, 0.29) is 12.7 Å². The molecule has 0 atom stereocenters. The molecular weight excluding hydrogens is 274 g/mol. The Morgan fingerprint density at radius 1 is 0.947 bits per heavy atom. The quantitative estimate of drug-likeness (QED) is 0.443. The van der Waals surface area contributed by atoms with Gasteiger partial charge in [-0.15, -0.1) is 6.58 Å². The Morgan fingerprint density at radius 2 is 1.42 bits per heavy atom. The van der Waals surface area contributed by atoms with Crippen LogP contribution >= 0.6 is 0 Å². The first-order valence-corrected chi connectivity index (χ1v) is 5.18. The highest BCUT2D eigenvalue weighted by molar-refractivity contribution is 5.37. The molecule has 19 heavy (non-hydrogen) atoms. The van der Waals surface area contributed by atoms with Gasteiger partial charge in [0.1, 0.15) is 5.75 Å². The molecular formula is C12H10F6O. The zero-order valence-corrected chi connectivity index (χ0v) is 9.61. The van der Waals surface area contributed by atoms with E-state index in [1.54, 1.807) is 0 Å². The Labute approximate surface area is 105 Å². The average Bonchev–Trinajstić information content (AvgIpc) is 2.27. The SMILES string of the molecule is C=CCCOc1cc(C(F)(F)F)cc(C(F)(F)F)c1. The molecule has 0 fully saturated rings. The molecule has 0 unspecified atom stereocenters. The van der Waals surface area contributed by atoms with Gasteiger partial charge in [0.25, 0.3) is 0 Å². The zero-order chi connectivity index (χ0) is 14.7. The van der Waals surface area contributed by atoms with Gasteiger partial charge in [-0.05, 0) is 24.6 Å². The number of ether oxygens (including phenoxy) is 1. The van der Waals surface area contributed by atoms with Crippen molar-refractivity contribution in [3.05, 3.63) is 42.0 Å². The number of hydrogen-bond acceptors (Lipinski definition) is 1. The minimum atomic E-state index is -4.86. The third kappa shape index (κ3) is 4.50. The first-order valence-electron chi connectivity index (χ1n) is 5.18. The van der Waals surface area contributed by atoms with E-state index in [4.69, 9.17) is 4.74 Å². The van der Waals surface area contributed by atoms with Crippen LogP contribution in [0.2, 0.25) is 0 Å². The van der Waals surface area contributed by atoms with Gasteiger partial charge in [-0.2, -0.15) is 26.3 Å². The van der Waals surface area contributed by atoms with Crippen LogP contribution in [-0.4, -0.2) is 6.61 Å². The summed E-state index contributed by atoms with van der Waals surface area (Å²) in [5, 5.41) is 0. The lowest BCUT2D eigenvalue weighted by molar-refractivity contribution is -0.143. The molecule has 0 aromatic heterocycles. The topological polar surface area (TPSA) is 9.23 Å². The van der Waals surface area contributed by atoms with Gasteiger partial charge >= 0.3 is 12.4 Å². The summed E-state index contributed by atoms with van der Waals surface area (Å²) in [6, 6.07) is 1.14. The summed E-state index contributed by atoms with van der Waals surface area (Å²) in [6.45, 7) is 3.33. The van der Waals surface area contributed by atoms with Crippen LogP contribution in [0.5, 0.6) is 5.75 Å². The van der Waals surface area contributed by atoms with Gasteiger partial charge in [0.2, 0.25) is 0 Å². The second kappa shape index (κ2) is 5.54. The minimum Gasteiger partial charge on any atom is -0.493 e. The van der Waals surface area contributed by atoms with Gasteiger partial charge in [-0.25, -0.2) is 0 Å². The normalized spacial score (nSPS) is 12.3. The van der Waals surface area contributed by atoms with Crippen LogP contribution in [0.15, 0.2) is 30.9 Å². The van der Waals surface area contributed by atoms with Crippen LogP contribution in [0, 0.1) is 0 Å². The third-order valence-corrected chi connectivity index (χ3v) is 2.15. The number of benzene rings is 1. The highest BCUT2D eigenvalue weighted by Gasteiger charge is 2.37. The van der Waals surface area contributed by atoms with Gasteiger partial charge in [0, 0.05) is 0 Å². The van der Waals surface area contributed by atoms with Gasteiger partial charge in [0.05, 0.1) is 17.7 Å². The van der Waals surface area contributed by atoms with E-state index < -0.39 is 29.2 Å². The highest BCUT2D eigenvalue weighted by atomic mass is 19.4. The third-order valence-electron chi connectivity index (χ3n) is 2.15. The molecule has 0 bridgehead atoms. The lowest BCUT2D eigenvalue weighted by Gasteiger charge is -2.14.